The molecule has 1 aliphatic rings. The molecule has 0 atom stereocenters. The predicted octanol–water partition coefficient (Wildman–Crippen LogP) is 4.09. The second kappa shape index (κ2) is 11.4. The van der Waals surface area contributed by atoms with Crippen LogP contribution in [-0.2, 0) is 6.54 Å². The van der Waals surface area contributed by atoms with Crippen LogP contribution in [0.15, 0.2) is 23.2 Å². The van der Waals surface area contributed by atoms with Crippen molar-refractivity contribution >= 4 is 29.9 Å². The van der Waals surface area contributed by atoms with Crippen molar-refractivity contribution in [1.82, 2.24) is 5.32 Å². The Morgan fingerprint density at radius 1 is 1.28 bits per heavy atom. The smallest absolute Gasteiger partial charge is 0.189 e. The maximum atomic E-state index is 5.98. The van der Waals surface area contributed by atoms with Gasteiger partial charge in [0.25, 0.3) is 0 Å². The van der Waals surface area contributed by atoms with Crippen LogP contribution in [0, 0.1) is 5.92 Å². The number of ether oxygens (including phenoxy) is 2. The molecule has 0 radical (unpaired) electrons. The van der Waals surface area contributed by atoms with Gasteiger partial charge >= 0.3 is 0 Å². The Hall–Kier alpha value is -1.18. The fraction of sp³-hybridized carbons (Fsp3) is 0.632. The Kier molecular flexibility index (Phi) is 10.0. The zero-order valence-corrected chi connectivity index (χ0v) is 17.9. The number of nitrogens with one attached hydrogen (secondary N) is 1. The van der Waals surface area contributed by atoms with Crippen LogP contribution in [0.25, 0.3) is 0 Å². The molecule has 5 nitrogen and oxygen atoms in total. The standard InChI is InChI=1S/C19H31N3O2.HI/c1-14(2)10-11-24-17-9-8-15(12-18(17)23-3)13-21-19(20)22-16-6-4-5-7-16;/h8-9,12,14,16H,4-7,10-11,13H2,1-3H3,(H3,20,21,22);1H. The highest BCUT2D eigenvalue weighted by Gasteiger charge is 2.14. The summed E-state index contributed by atoms with van der Waals surface area (Å²) in [5, 5.41) is 3.30. The minimum absolute atomic E-state index is 0. The molecular weight excluding hydrogens is 429 g/mol. The van der Waals surface area contributed by atoms with E-state index >= 15 is 0 Å². The van der Waals surface area contributed by atoms with E-state index in [2.05, 4.69) is 24.2 Å². The number of methoxy groups -OCH3 is 1. The quantitative estimate of drug-likeness (QED) is 0.348. The highest BCUT2D eigenvalue weighted by Crippen LogP contribution is 2.28. The van der Waals surface area contributed by atoms with E-state index in [1.54, 1.807) is 7.11 Å². The average molecular weight is 461 g/mol. The number of aliphatic imine (C=N–C) groups is 1. The molecule has 0 spiro atoms. The van der Waals surface area contributed by atoms with E-state index in [0.29, 0.717) is 31.1 Å². The van der Waals surface area contributed by atoms with Crippen molar-refractivity contribution in [1.29, 1.82) is 0 Å². The first-order valence-electron chi connectivity index (χ1n) is 8.94. The molecule has 0 saturated heterocycles. The molecule has 0 aliphatic heterocycles. The number of rotatable bonds is 8. The molecule has 25 heavy (non-hydrogen) atoms. The predicted molar refractivity (Wildman–Crippen MR) is 114 cm³/mol. The molecule has 0 bridgehead atoms. The number of hydrogen-bond donors (Lipinski definition) is 2. The van der Waals surface area contributed by atoms with Gasteiger partial charge in [-0.15, -0.1) is 24.0 Å². The van der Waals surface area contributed by atoms with Crippen LogP contribution in [0.5, 0.6) is 11.5 Å². The molecule has 1 aromatic rings. The van der Waals surface area contributed by atoms with Crippen LogP contribution in [0.3, 0.4) is 0 Å². The van der Waals surface area contributed by atoms with Gasteiger partial charge in [0, 0.05) is 6.04 Å². The third-order valence-electron chi connectivity index (χ3n) is 4.32. The lowest BCUT2D eigenvalue weighted by atomic mass is 10.1. The first-order valence-corrected chi connectivity index (χ1v) is 8.94. The van der Waals surface area contributed by atoms with Gasteiger partial charge < -0.3 is 20.5 Å². The molecule has 0 aromatic heterocycles. The third kappa shape index (κ3) is 7.71. The van der Waals surface area contributed by atoms with Crippen LogP contribution in [0.2, 0.25) is 0 Å². The molecule has 1 aromatic carbocycles. The minimum atomic E-state index is 0. The van der Waals surface area contributed by atoms with Crippen molar-refractivity contribution in [3.8, 4) is 11.5 Å². The van der Waals surface area contributed by atoms with E-state index in [1.807, 2.05) is 18.2 Å². The van der Waals surface area contributed by atoms with Crippen molar-refractivity contribution in [3.05, 3.63) is 23.8 Å². The lowest BCUT2D eigenvalue weighted by Gasteiger charge is -2.14. The molecule has 1 fully saturated rings. The molecule has 1 saturated carbocycles. The summed E-state index contributed by atoms with van der Waals surface area (Å²) in [6, 6.07) is 6.42. The van der Waals surface area contributed by atoms with Crippen LogP contribution in [-0.4, -0.2) is 25.7 Å². The summed E-state index contributed by atoms with van der Waals surface area (Å²) < 4.78 is 11.2. The van der Waals surface area contributed by atoms with Crippen molar-refractivity contribution in [2.24, 2.45) is 16.6 Å². The van der Waals surface area contributed by atoms with Gasteiger partial charge in [0.15, 0.2) is 17.5 Å². The third-order valence-corrected chi connectivity index (χ3v) is 4.32. The maximum Gasteiger partial charge on any atom is 0.189 e. The molecule has 0 amide bonds. The highest BCUT2D eigenvalue weighted by molar-refractivity contribution is 14.0. The number of guanidine groups is 1. The van der Waals surface area contributed by atoms with Gasteiger partial charge in [0.1, 0.15) is 0 Å². The molecule has 0 heterocycles. The monoisotopic (exact) mass is 461 g/mol. The van der Waals surface area contributed by atoms with Crippen molar-refractivity contribution < 1.29 is 9.47 Å². The molecule has 0 unspecified atom stereocenters. The zero-order chi connectivity index (χ0) is 17.4. The summed E-state index contributed by atoms with van der Waals surface area (Å²) in [6.07, 6.45) is 5.96. The van der Waals surface area contributed by atoms with Crippen molar-refractivity contribution in [2.75, 3.05) is 13.7 Å². The number of nitrogens with zero attached hydrogens (tertiary/aromatic N) is 1. The summed E-state index contributed by atoms with van der Waals surface area (Å²) in [5.74, 6) is 2.68. The van der Waals surface area contributed by atoms with Crippen molar-refractivity contribution in [3.63, 3.8) is 0 Å². The van der Waals surface area contributed by atoms with E-state index in [0.717, 1.165) is 23.5 Å². The minimum Gasteiger partial charge on any atom is -0.493 e. The Balaban J connectivity index is 0.00000312. The van der Waals surface area contributed by atoms with Gasteiger partial charge in [-0.05, 0) is 42.9 Å². The van der Waals surface area contributed by atoms with E-state index in [9.17, 15) is 0 Å². The van der Waals surface area contributed by atoms with Gasteiger partial charge in [0.05, 0.1) is 20.3 Å². The summed E-state index contributed by atoms with van der Waals surface area (Å²) in [6.45, 7) is 5.61. The molecule has 2 rings (SSSR count). The zero-order valence-electron chi connectivity index (χ0n) is 15.6. The first-order chi connectivity index (χ1) is 11.6. The summed E-state index contributed by atoms with van der Waals surface area (Å²) in [5.41, 5.74) is 7.03. The average Bonchev–Trinajstić information content (AvgIpc) is 3.06. The normalized spacial score (nSPS) is 15.1. The molecule has 3 N–H and O–H groups in total. The molecule has 6 heteroatoms. The van der Waals surface area contributed by atoms with E-state index in [1.165, 1.54) is 25.7 Å². The van der Waals surface area contributed by atoms with Crippen molar-refractivity contribution in [2.45, 2.75) is 58.5 Å². The topological polar surface area (TPSA) is 68.9 Å². The lowest BCUT2D eigenvalue weighted by Crippen LogP contribution is -2.38. The van der Waals surface area contributed by atoms with Gasteiger partial charge in [-0.1, -0.05) is 32.8 Å². The van der Waals surface area contributed by atoms with Gasteiger partial charge in [-0.25, -0.2) is 4.99 Å². The summed E-state index contributed by atoms with van der Waals surface area (Å²) in [4.78, 5) is 4.44. The largest absolute Gasteiger partial charge is 0.493 e. The number of benzene rings is 1. The maximum absolute atomic E-state index is 5.98. The Morgan fingerprint density at radius 3 is 2.64 bits per heavy atom. The number of hydrogen-bond acceptors (Lipinski definition) is 3. The second-order valence-corrected chi connectivity index (χ2v) is 6.84. The van der Waals surface area contributed by atoms with E-state index in [-0.39, 0.29) is 24.0 Å². The Bertz CT molecular complexity index is 543. The lowest BCUT2D eigenvalue weighted by molar-refractivity contribution is 0.273. The summed E-state index contributed by atoms with van der Waals surface area (Å²) in [7, 11) is 1.66. The summed E-state index contributed by atoms with van der Waals surface area (Å²) >= 11 is 0. The van der Waals surface area contributed by atoms with Gasteiger partial charge in [-0.3, -0.25) is 0 Å². The van der Waals surface area contributed by atoms with E-state index in [4.69, 9.17) is 15.2 Å². The fourth-order valence-corrected chi connectivity index (χ4v) is 2.84. The highest BCUT2D eigenvalue weighted by atomic mass is 127. The molecule has 142 valence electrons. The molecule has 1 aliphatic carbocycles. The van der Waals surface area contributed by atoms with Crippen LogP contribution < -0.4 is 20.5 Å². The Labute approximate surface area is 168 Å². The molecular formula is C19H32IN3O2. The van der Waals surface area contributed by atoms with E-state index < -0.39 is 0 Å². The fourth-order valence-electron chi connectivity index (χ4n) is 2.84. The van der Waals surface area contributed by atoms with Gasteiger partial charge in [0.2, 0.25) is 0 Å². The number of halogens is 1. The SMILES string of the molecule is COc1cc(CN=C(N)NC2CCCC2)ccc1OCCC(C)C.I. The van der Waals surface area contributed by atoms with Crippen LogP contribution in [0.1, 0.15) is 51.5 Å². The first kappa shape index (κ1) is 21.9. The number of nitrogens with two attached hydrogens (primary N) is 1. The Morgan fingerprint density at radius 2 is 2.00 bits per heavy atom. The van der Waals surface area contributed by atoms with Gasteiger partial charge in [-0.2, -0.15) is 0 Å². The second-order valence-electron chi connectivity index (χ2n) is 6.84. The van der Waals surface area contributed by atoms with Crippen LogP contribution >= 0.6 is 24.0 Å². The van der Waals surface area contributed by atoms with Crippen LogP contribution in [0.4, 0.5) is 0 Å².